The number of nitrogens with zero attached hydrogens (tertiary/aromatic N) is 2. The third-order valence-electron chi connectivity index (χ3n) is 9.41. The van der Waals surface area contributed by atoms with Gasteiger partial charge in [-0.05, 0) is 44.6 Å². The van der Waals surface area contributed by atoms with Crippen LogP contribution >= 0.6 is 0 Å². The maximum absolute atomic E-state index is 14.7. The minimum Gasteiger partial charge on any atom is -0.455 e. The smallest absolute Gasteiger partial charge is 0.313 e. The standard InChI is InChI=1S/C35H47N3O7/c1-22(20-39)38-29-31(42)37(34(5,6)21-33(2,3)4)18-12-17-35(29)28(30(38)41)27-24(45-35)15-10-11-16-26(40)36-19-25(44-32(27)43)23-13-8-7-9-14-23/h7-10,12-15,17,22,24-25,27-29,39H,11,16,18-21H2,1-6H3,(H,36,40)/b15-10-/t22-,24+,25-,27-,28-,29+,35-/m1/s1. The second-order valence-corrected chi connectivity index (χ2v) is 14.6. The van der Waals surface area contributed by atoms with Crippen molar-refractivity contribution < 1.29 is 33.8 Å². The highest BCUT2D eigenvalue weighted by Crippen LogP contribution is 2.54. The highest BCUT2D eigenvalue weighted by molar-refractivity contribution is 5.99. The maximum atomic E-state index is 14.7. The molecule has 0 radical (unpaired) electrons. The Bertz CT molecular complexity index is 1370. The molecule has 5 rings (SSSR count). The molecule has 1 aromatic rings. The van der Waals surface area contributed by atoms with Crippen molar-refractivity contribution in [2.24, 2.45) is 17.3 Å². The quantitative estimate of drug-likeness (QED) is 0.382. The molecule has 244 valence electrons. The van der Waals surface area contributed by atoms with E-state index in [4.69, 9.17) is 9.47 Å². The van der Waals surface area contributed by atoms with Crippen LogP contribution in [0.4, 0.5) is 0 Å². The Morgan fingerprint density at radius 2 is 1.76 bits per heavy atom. The molecule has 2 N–H and O–H groups in total. The van der Waals surface area contributed by atoms with Crippen LogP contribution in [-0.4, -0.2) is 87.6 Å². The van der Waals surface area contributed by atoms with Gasteiger partial charge in [-0.15, -0.1) is 0 Å². The van der Waals surface area contributed by atoms with Crippen LogP contribution in [0.25, 0.3) is 0 Å². The first-order chi connectivity index (χ1) is 21.2. The van der Waals surface area contributed by atoms with Crippen LogP contribution < -0.4 is 5.32 Å². The number of hydrogen-bond acceptors (Lipinski definition) is 7. The molecule has 4 aliphatic rings. The highest BCUT2D eigenvalue weighted by Gasteiger charge is 2.72. The summed E-state index contributed by atoms with van der Waals surface area (Å²) in [5.41, 5.74) is -1.39. The van der Waals surface area contributed by atoms with Crippen LogP contribution in [0.15, 0.2) is 54.6 Å². The molecule has 0 unspecified atom stereocenters. The normalized spacial score (nSPS) is 32.4. The van der Waals surface area contributed by atoms with Gasteiger partial charge >= 0.3 is 5.97 Å². The van der Waals surface area contributed by atoms with Crippen molar-refractivity contribution in [3.8, 4) is 0 Å². The fourth-order valence-electron chi connectivity index (χ4n) is 7.85. The third kappa shape index (κ3) is 6.19. The molecule has 2 saturated heterocycles. The number of aliphatic hydroxyl groups excluding tert-OH is 1. The second kappa shape index (κ2) is 12.4. The van der Waals surface area contributed by atoms with Crippen molar-refractivity contribution in [3.05, 3.63) is 60.2 Å². The van der Waals surface area contributed by atoms with Crippen molar-refractivity contribution in [2.75, 3.05) is 19.7 Å². The number of amides is 3. The highest BCUT2D eigenvalue weighted by atomic mass is 16.6. The Labute approximate surface area is 265 Å². The molecule has 10 heteroatoms. The Kier molecular flexibility index (Phi) is 9.03. The number of benzene rings is 1. The van der Waals surface area contributed by atoms with E-state index in [-0.39, 0.29) is 36.8 Å². The lowest BCUT2D eigenvalue weighted by atomic mass is 9.77. The number of aliphatic hydroxyl groups is 1. The summed E-state index contributed by atoms with van der Waals surface area (Å²) in [5, 5.41) is 13.1. The van der Waals surface area contributed by atoms with Crippen molar-refractivity contribution in [1.29, 1.82) is 0 Å². The first kappa shape index (κ1) is 32.9. The van der Waals surface area contributed by atoms with E-state index in [1.54, 1.807) is 30.1 Å². The molecule has 1 aromatic carbocycles. The number of fused-ring (bicyclic) bond motifs is 2. The van der Waals surface area contributed by atoms with Gasteiger partial charge in [0, 0.05) is 18.5 Å². The number of esters is 1. The van der Waals surface area contributed by atoms with E-state index in [0.29, 0.717) is 24.9 Å². The molecule has 1 spiro atoms. The average Bonchev–Trinajstić information content (AvgIpc) is 3.36. The van der Waals surface area contributed by atoms with Gasteiger partial charge in [0.25, 0.3) is 0 Å². The molecule has 0 saturated carbocycles. The molecule has 7 atom stereocenters. The molecule has 3 amide bonds. The fraction of sp³-hybridized carbons (Fsp3) is 0.600. The molecule has 10 nitrogen and oxygen atoms in total. The van der Waals surface area contributed by atoms with E-state index in [9.17, 15) is 24.3 Å². The van der Waals surface area contributed by atoms with Gasteiger partial charge in [0.15, 0.2) is 0 Å². The molecular weight excluding hydrogens is 574 g/mol. The first-order valence-corrected chi connectivity index (χ1v) is 16.0. The van der Waals surface area contributed by atoms with Crippen molar-refractivity contribution in [1.82, 2.24) is 15.1 Å². The number of cyclic esters (lactones) is 1. The van der Waals surface area contributed by atoms with E-state index in [1.807, 2.05) is 50.3 Å². The summed E-state index contributed by atoms with van der Waals surface area (Å²) in [7, 11) is 0. The maximum Gasteiger partial charge on any atom is 0.313 e. The van der Waals surface area contributed by atoms with E-state index in [0.717, 1.165) is 0 Å². The van der Waals surface area contributed by atoms with Crippen LogP contribution in [0.5, 0.6) is 0 Å². The van der Waals surface area contributed by atoms with Gasteiger partial charge in [-0.25, -0.2) is 0 Å². The summed E-state index contributed by atoms with van der Waals surface area (Å²) >= 11 is 0. The summed E-state index contributed by atoms with van der Waals surface area (Å²) < 4.78 is 12.9. The topological polar surface area (TPSA) is 125 Å². The molecule has 4 aliphatic heterocycles. The zero-order chi connectivity index (χ0) is 32.7. The summed E-state index contributed by atoms with van der Waals surface area (Å²) in [6, 6.07) is 7.37. The SMILES string of the molecule is C[C@H](CO)N1C(=O)[C@H]2[C@@H]3C(=O)O[C@@H](c4ccccc4)CNC(=O)CC/C=C\[C@@H]3O[C@]23C=CCN(C(C)(C)CC(C)(C)C)C(=O)[C@H]13. The van der Waals surface area contributed by atoms with Crippen LogP contribution in [0.1, 0.15) is 72.5 Å². The minimum absolute atomic E-state index is 0.0760. The largest absolute Gasteiger partial charge is 0.455 e. The number of hydrogen-bond donors (Lipinski definition) is 2. The average molecular weight is 622 g/mol. The van der Waals surface area contributed by atoms with E-state index < -0.39 is 59.1 Å². The van der Waals surface area contributed by atoms with Crippen molar-refractivity contribution in [3.63, 3.8) is 0 Å². The summed E-state index contributed by atoms with van der Waals surface area (Å²) in [4.78, 5) is 59.2. The van der Waals surface area contributed by atoms with Crippen LogP contribution in [0.2, 0.25) is 0 Å². The Balaban J connectivity index is 1.60. The van der Waals surface area contributed by atoms with Crippen LogP contribution in [-0.2, 0) is 28.7 Å². The third-order valence-corrected chi connectivity index (χ3v) is 9.41. The van der Waals surface area contributed by atoms with Crippen LogP contribution in [0.3, 0.4) is 0 Å². The zero-order valence-corrected chi connectivity index (χ0v) is 27.2. The van der Waals surface area contributed by atoms with Gasteiger partial charge in [-0.3, -0.25) is 19.2 Å². The summed E-state index contributed by atoms with van der Waals surface area (Å²) in [6.07, 6.45) is 6.87. The predicted octanol–water partition coefficient (Wildman–Crippen LogP) is 3.31. The van der Waals surface area contributed by atoms with E-state index in [2.05, 4.69) is 26.1 Å². The van der Waals surface area contributed by atoms with E-state index in [1.165, 1.54) is 4.90 Å². The van der Waals surface area contributed by atoms with Crippen molar-refractivity contribution >= 4 is 23.7 Å². The number of likely N-dealkylation sites (tertiary alicyclic amines) is 1. The molecule has 45 heavy (non-hydrogen) atoms. The number of ether oxygens (including phenoxy) is 2. The van der Waals surface area contributed by atoms with Gasteiger partial charge in [0.05, 0.1) is 31.2 Å². The Morgan fingerprint density at radius 1 is 1.04 bits per heavy atom. The number of nitrogens with one attached hydrogen (secondary N) is 1. The molecule has 0 aromatic heterocycles. The lowest BCUT2D eigenvalue weighted by Crippen LogP contribution is -2.61. The minimum atomic E-state index is -1.46. The lowest BCUT2D eigenvalue weighted by molar-refractivity contribution is -0.161. The predicted molar refractivity (Wildman–Crippen MR) is 167 cm³/mol. The second-order valence-electron chi connectivity index (χ2n) is 14.6. The molecular formula is C35H47N3O7. The zero-order valence-electron chi connectivity index (χ0n) is 27.2. The Morgan fingerprint density at radius 3 is 2.42 bits per heavy atom. The number of rotatable bonds is 5. The van der Waals surface area contributed by atoms with Crippen molar-refractivity contribution in [2.45, 2.75) is 96.2 Å². The summed E-state index contributed by atoms with van der Waals surface area (Å²) in [6.45, 7) is 12.2. The van der Waals surface area contributed by atoms with E-state index >= 15 is 0 Å². The molecule has 2 fully saturated rings. The molecule has 0 aliphatic carbocycles. The van der Waals surface area contributed by atoms with Gasteiger partial charge in [0.1, 0.15) is 23.7 Å². The molecule has 0 bridgehead atoms. The summed E-state index contributed by atoms with van der Waals surface area (Å²) in [5.74, 6) is -3.63. The van der Waals surface area contributed by atoms with Gasteiger partial charge in [-0.2, -0.15) is 0 Å². The number of allylic oxidation sites excluding steroid dienone is 1. The number of carbonyl (C=O) groups is 4. The van der Waals surface area contributed by atoms with Gasteiger partial charge < -0.3 is 29.7 Å². The fourth-order valence-corrected chi connectivity index (χ4v) is 7.85. The molecule has 4 heterocycles. The van der Waals surface area contributed by atoms with Gasteiger partial charge in [-0.1, -0.05) is 75.4 Å². The first-order valence-electron chi connectivity index (χ1n) is 16.0. The van der Waals surface area contributed by atoms with Crippen LogP contribution in [0, 0.1) is 17.3 Å². The van der Waals surface area contributed by atoms with Gasteiger partial charge in [0.2, 0.25) is 17.7 Å². The number of carbonyl (C=O) groups excluding carboxylic acids is 4. The lowest BCUT2D eigenvalue weighted by Gasteiger charge is -2.45. The monoisotopic (exact) mass is 621 g/mol. The Hall–Kier alpha value is -3.50.